The highest BCUT2D eigenvalue weighted by molar-refractivity contribution is 5.83. The normalized spacial score (nSPS) is 24.9. The van der Waals surface area contributed by atoms with E-state index in [1.807, 2.05) is 0 Å². The Morgan fingerprint density at radius 1 is 1.35 bits per heavy atom. The lowest BCUT2D eigenvalue weighted by molar-refractivity contribution is -0.122. The van der Waals surface area contributed by atoms with E-state index in [0.29, 0.717) is 11.8 Å². The second-order valence-corrected chi connectivity index (χ2v) is 6.39. The first-order valence-electron chi connectivity index (χ1n) is 6.54. The molecule has 4 nitrogen and oxygen atoms in total. The van der Waals surface area contributed by atoms with E-state index in [2.05, 4.69) is 18.7 Å². The van der Waals surface area contributed by atoms with Gasteiger partial charge in [0.05, 0.1) is 5.54 Å². The average Bonchev–Trinajstić information content (AvgIpc) is 2.36. The molecule has 0 spiro atoms. The van der Waals surface area contributed by atoms with E-state index in [0.717, 1.165) is 19.6 Å². The number of likely N-dealkylation sites (tertiary alicyclic amines) is 1. The second kappa shape index (κ2) is 5.36. The molecule has 1 atom stereocenters. The molecule has 1 aliphatic heterocycles. The number of nitrogens with two attached hydrogens (primary N) is 2. The van der Waals surface area contributed by atoms with E-state index in [9.17, 15) is 4.79 Å². The van der Waals surface area contributed by atoms with Gasteiger partial charge in [-0.05, 0) is 51.1 Å². The third-order valence-electron chi connectivity index (χ3n) is 3.94. The van der Waals surface area contributed by atoms with Gasteiger partial charge in [0.2, 0.25) is 5.91 Å². The van der Waals surface area contributed by atoms with Crippen LogP contribution < -0.4 is 11.5 Å². The monoisotopic (exact) mass is 241 g/mol. The zero-order valence-electron chi connectivity index (χ0n) is 11.5. The number of hydrogen-bond acceptors (Lipinski definition) is 3. The van der Waals surface area contributed by atoms with Gasteiger partial charge in [0.15, 0.2) is 0 Å². The van der Waals surface area contributed by atoms with Crippen LogP contribution in [-0.2, 0) is 4.79 Å². The second-order valence-electron chi connectivity index (χ2n) is 6.39. The molecule has 0 radical (unpaired) electrons. The molecule has 0 bridgehead atoms. The molecular weight excluding hydrogens is 214 g/mol. The minimum atomic E-state index is -0.873. The molecule has 0 aromatic rings. The van der Waals surface area contributed by atoms with Crippen molar-refractivity contribution in [3.63, 3.8) is 0 Å². The number of rotatable bonds is 4. The van der Waals surface area contributed by atoms with Crippen LogP contribution in [0.4, 0.5) is 0 Å². The minimum absolute atomic E-state index is 0.410. The van der Waals surface area contributed by atoms with E-state index in [1.165, 1.54) is 19.3 Å². The predicted molar refractivity (Wildman–Crippen MR) is 70.5 cm³/mol. The molecule has 1 saturated heterocycles. The summed E-state index contributed by atoms with van der Waals surface area (Å²) in [5.74, 6) is -0.410. The van der Waals surface area contributed by atoms with Gasteiger partial charge < -0.3 is 16.4 Å². The Hall–Kier alpha value is -0.610. The molecule has 0 aromatic heterocycles. The van der Waals surface area contributed by atoms with E-state index in [4.69, 9.17) is 11.5 Å². The van der Waals surface area contributed by atoms with Crippen molar-refractivity contribution in [3.8, 4) is 0 Å². The van der Waals surface area contributed by atoms with Gasteiger partial charge in [-0.3, -0.25) is 4.79 Å². The molecule has 4 heteroatoms. The highest BCUT2D eigenvalue weighted by Crippen LogP contribution is 2.29. The van der Waals surface area contributed by atoms with Crippen LogP contribution in [-0.4, -0.2) is 36.0 Å². The van der Waals surface area contributed by atoms with Crippen LogP contribution in [0, 0.1) is 5.41 Å². The highest BCUT2D eigenvalue weighted by Gasteiger charge is 2.28. The van der Waals surface area contributed by atoms with Crippen LogP contribution in [0.2, 0.25) is 0 Å². The molecule has 100 valence electrons. The zero-order valence-corrected chi connectivity index (χ0v) is 11.5. The number of amides is 1. The van der Waals surface area contributed by atoms with Crippen molar-refractivity contribution in [2.24, 2.45) is 16.9 Å². The van der Waals surface area contributed by atoms with Gasteiger partial charge in [-0.1, -0.05) is 13.8 Å². The Bertz CT molecular complexity index is 274. The molecule has 4 N–H and O–H groups in total. The van der Waals surface area contributed by atoms with Gasteiger partial charge in [0.1, 0.15) is 0 Å². The van der Waals surface area contributed by atoms with Crippen molar-refractivity contribution in [2.75, 3.05) is 19.6 Å². The molecular formula is C13H27N3O. The molecule has 0 saturated carbocycles. The Kier molecular flexibility index (Phi) is 4.55. The fourth-order valence-electron chi connectivity index (χ4n) is 2.22. The summed E-state index contributed by atoms with van der Waals surface area (Å²) >= 11 is 0. The van der Waals surface area contributed by atoms with Gasteiger partial charge in [0.25, 0.3) is 0 Å². The standard InChI is InChI=1S/C13H27N3O/c1-12(2)5-4-8-16(9-6-12)10-7-13(3,15)11(14)17/h4-10,15H2,1-3H3,(H2,14,17). The summed E-state index contributed by atoms with van der Waals surface area (Å²) in [5.41, 5.74) is 10.7. The molecule has 0 aromatic carbocycles. The summed E-state index contributed by atoms with van der Waals surface area (Å²) in [4.78, 5) is 13.5. The van der Waals surface area contributed by atoms with Gasteiger partial charge in [-0.15, -0.1) is 0 Å². The average molecular weight is 241 g/mol. The Morgan fingerprint density at radius 3 is 2.59 bits per heavy atom. The first-order chi connectivity index (χ1) is 7.73. The van der Waals surface area contributed by atoms with E-state index in [-0.39, 0.29) is 0 Å². The Morgan fingerprint density at radius 2 is 2.00 bits per heavy atom. The van der Waals surface area contributed by atoms with Crippen LogP contribution in [0.1, 0.15) is 46.5 Å². The van der Waals surface area contributed by atoms with Gasteiger partial charge >= 0.3 is 0 Å². The first-order valence-corrected chi connectivity index (χ1v) is 6.54. The van der Waals surface area contributed by atoms with Crippen LogP contribution in [0.25, 0.3) is 0 Å². The van der Waals surface area contributed by atoms with Crippen LogP contribution in [0.15, 0.2) is 0 Å². The maximum absolute atomic E-state index is 11.1. The molecule has 1 rings (SSSR count). The maximum atomic E-state index is 11.1. The summed E-state index contributed by atoms with van der Waals surface area (Å²) < 4.78 is 0. The SMILES string of the molecule is CC1(C)CCCN(CCC(C)(N)C(N)=O)CC1. The van der Waals surface area contributed by atoms with Crippen molar-refractivity contribution in [2.45, 2.75) is 52.0 Å². The minimum Gasteiger partial charge on any atom is -0.368 e. The first kappa shape index (κ1) is 14.5. The van der Waals surface area contributed by atoms with Crippen molar-refractivity contribution in [3.05, 3.63) is 0 Å². The summed E-state index contributed by atoms with van der Waals surface area (Å²) in [6.45, 7) is 9.45. The summed E-state index contributed by atoms with van der Waals surface area (Å²) in [6, 6.07) is 0. The fraction of sp³-hybridized carbons (Fsp3) is 0.923. The number of carbonyl (C=O) groups excluding carboxylic acids is 1. The van der Waals surface area contributed by atoms with Gasteiger partial charge in [0, 0.05) is 6.54 Å². The van der Waals surface area contributed by atoms with Crippen molar-refractivity contribution < 1.29 is 4.79 Å². The molecule has 1 aliphatic rings. The molecule has 1 fully saturated rings. The van der Waals surface area contributed by atoms with E-state index >= 15 is 0 Å². The zero-order chi connectivity index (χ0) is 13.1. The number of carbonyl (C=O) groups is 1. The van der Waals surface area contributed by atoms with Crippen LogP contribution >= 0.6 is 0 Å². The van der Waals surface area contributed by atoms with Gasteiger partial charge in [-0.2, -0.15) is 0 Å². The third-order valence-corrected chi connectivity index (χ3v) is 3.94. The quantitative estimate of drug-likeness (QED) is 0.774. The topological polar surface area (TPSA) is 72.3 Å². The predicted octanol–water partition coefficient (Wildman–Crippen LogP) is 1.09. The summed E-state index contributed by atoms with van der Waals surface area (Å²) in [6.07, 6.45) is 4.36. The molecule has 0 aliphatic carbocycles. The van der Waals surface area contributed by atoms with Crippen LogP contribution in [0.5, 0.6) is 0 Å². The fourth-order valence-corrected chi connectivity index (χ4v) is 2.22. The number of hydrogen-bond donors (Lipinski definition) is 2. The Balaban J connectivity index is 2.40. The van der Waals surface area contributed by atoms with E-state index in [1.54, 1.807) is 6.92 Å². The van der Waals surface area contributed by atoms with E-state index < -0.39 is 11.4 Å². The lowest BCUT2D eigenvalue weighted by atomic mass is 9.85. The lowest BCUT2D eigenvalue weighted by Crippen LogP contribution is -2.51. The number of primary amides is 1. The molecule has 1 heterocycles. The summed E-state index contributed by atoms with van der Waals surface area (Å²) in [7, 11) is 0. The largest absolute Gasteiger partial charge is 0.368 e. The highest BCUT2D eigenvalue weighted by atomic mass is 16.1. The molecule has 17 heavy (non-hydrogen) atoms. The van der Waals surface area contributed by atoms with Crippen molar-refractivity contribution in [1.29, 1.82) is 0 Å². The third kappa shape index (κ3) is 4.64. The van der Waals surface area contributed by atoms with Crippen LogP contribution in [0.3, 0.4) is 0 Å². The Labute approximate surface area is 105 Å². The summed E-state index contributed by atoms with van der Waals surface area (Å²) in [5, 5.41) is 0. The smallest absolute Gasteiger partial charge is 0.237 e. The maximum Gasteiger partial charge on any atom is 0.237 e. The molecule has 1 unspecified atom stereocenters. The number of nitrogens with zero attached hydrogens (tertiary/aromatic N) is 1. The van der Waals surface area contributed by atoms with Gasteiger partial charge in [-0.25, -0.2) is 0 Å². The molecule has 1 amide bonds. The lowest BCUT2D eigenvalue weighted by Gasteiger charge is -2.27. The van der Waals surface area contributed by atoms with Crippen molar-refractivity contribution in [1.82, 2.24) is 4.90 Å². The van der Waals surface area contributed by atoms with Crippen molar-refractivity contribution >= 4 is 5.91 Å².